The zero-order valence-corrected chi connectivity index (χ0v) is 17.2. The number of nitrogens with one attached hydrogen (secondary N) is 2. The van der Waals surface area contributed by atoms with E-state index in [9.17, 15) is 21.6 Å². The van der Waals surface area contributed by atoms with Crippen molar-refractivity contribution >= 4 is 15.8 Å². The Hall–Kier alpha value is -2.01. The summed E-state index contributed by atoms with van der Waals surface area (Å²) >= 11 is 0. The molecule has 1 aromatic carbocycles. The van der Waals surface area contributed by atoms with Crippen LogP contribution in [-0.4, -0.2) is 76.3 Å². The van der Waals surface area contributed by atoms with E-state index in [2.05, 4.69) is 25.3 Å². The minimum absolute atomic E-state index is 0.156. The van der Waals surface area contributed by atoms with Crippen LogP contribution < -0.4 is 15.4 Å². The third-order valence-corrected chi connectivity index (χ3v) is 5.86. The Morgan fingerprint density at radius 3 is 2.41 bits per heavy atom. The molecule has 0 amide bonds. The molecule has 0 saturated carbocycles. The molecule has 1 aliphatic rings. The minimum atomic E-state index is -4.36. The predicted molar refractivity (Wildman–Crippen MR) is 106 cm³/mol. The highest BCUT2D eigenvalue weighted by Crippen LogP contribution is 2.19. The molecule has 29 heavy (non-hydrogen) atoms. The number of sulfone groups is 1. The van der Waals surface area contributed by atoms with E-state index in [0.29, 0.717) is 45.2 Å². The van der Waals surface area contributed by atoms with E-state index in [-0.39, 0.29) is 17.3 Å². The number of ether oxygens (including phenoxy) is 1. The second kappa shape index (κ2) is 10.7. The molecule has 1 aliphatic heterocycles. The number of hydrogen-bond donors (Lipinski definition) is 2. The summed E-state index contributed by atoms with van der Waals surface area (Å²) in [6.07, 6.45) is -4.36. The van der Waals surface area contributed by atoms with Gasteiger partial charge in [-0.15, -0.1) is 0 Å². The van der Waals surface area contributed by atoms with Crippen LogP contribution in [0.3, 0.4) is 0 Å². The molecule has 0 atom stereocenters. The number of aliphatic imine (C=N–C) groups is 1. The van der Waals surface area contributed by atoms with E-state index in [1.807, 2.05) is 6.92 Å². The van der Waals surface area contributed by atoms with Gasteiger partial charge in [0.05, 0.1) is 18.1 Å². The van der Waals surface area contributed by atoms with Crippen molar-refractivity contribution in [2.24, 2.45) is 4.99 Å². The van der Waals surface area contributed by atoms with Crippen molar-refractivity contribution in [1.82, 2.24) is 15.5 Å². The topological polar surface area (TPSA) is 83.0 Å². The zero-order valence-electron chi connectivity index (χ0n) is 16.3. The Labute approximate surface area is 169 Å². The monoisotopic (exact) mass is 436 g/mol. The van der Waals surface area contributed by atoms with Crippen molar-refractivity contribution in [3.8, 4) is 5.75 Å². The number of nitrogens with zero attached hydrogens (tertiary/aromatic N) is 2. The van der Waals surface area contributed by atoms with Gasteiger partial charge in [-0.25, -0.2) is 13.4 Å². The van der Waals surface area contributed by atoms with Gasteiger partial charge in [0.1, 0.15) is 5.75 Å². The summed E-state index contributed by atoms with van der Waals surface area (Å²) in [5, 5.41) is 6.33. The summed E-state index contributed by atoms with van der Waals surface area (Å²) in [6.45, 7) is 4.08. The van der Waals surface area contributed by atoms with Gasteiger partial charge >= 0.3 is 6.18 Å². The first-order chi connectivity index (χ1) is 13.7. The average molecular weight is 437 g/mol. The summed E-state index contributed by atoms with van der Waals surface area (Å²) in [7, 11) is -2.88. The van der Waals surface area contributed by atoms with Crippen LogP contribution >= 0.6 is 0 Å². The van der Waals surface area contributed by atoms with Gasteiger partial charge in [-0.3, -0.25) is 4.90 Å². The lowest BCUT2D eigenvalue weighted by Gasteiger charge is -2.26. The van der Waals surface area contributed by atoms with Crippen LogP contribution in [0.4, 0.5) is 13.2 Å². The van der Waals surface area contributed by atoms with Gasteiger partial charge in [0.15, 0.2) is 22.4 Å². The largest absolute Gasteiger partial charge is 0.484 e. The maximum Gasteiger partial charge on any atom is 0.422 e. The molecule has 0 bridgehead atoms. The predicted octanol–water partition coefficient (Wildman–Crippen LogP) is 1.41. The Balaban J connectivity index is 1.79. The van der Waals surface area contributed by atoms with Crippen molar-refractivity contribution in [3.05, 3.63) is 29.8 Å². The van der Waals surface area contributed by atoms with Crippen molar-refractivity contribution in [3.63, 3.8) is 0 Å². The van der Waals surface area contributed by atoms with Crippen molar-refractivity contribution in [2.45, 2.75) is 19.6 Å². The summed E-state index contributed by atoms with van der Waals surface area (Å²) in [5.74, 6) is 1.17. The lowest BCUT2D eigenvalue weighted by atomic mass is 10.2. The fraction of sp³-hybridized carbons (Fsp3) is 0.611. The zero-order chi connectivity index (χ0) is 21.3. The lowest BCUT2D eigenvalue weighted by molar-refractivity contribution is -0.153. The molecule has 2 rings (SSSR count). The summed E-state index contributed by atoms with van der Waals surface area (Å²) in [4.78, 5) is 6.56. The van der Waals surface area contributed by atoms with Crippen LogP contribution in [0.25, 0.3) is 0 Å². The highest BCUT2D eigenvalue weighted by molar-refractivity contribution is 7.91. The molecule has 1 fully saturated rings. The number of rotatable bonds is 8. The molecular formula is C18H27F3N4O3S. The molecule has 0 aromatic heterocycles. The maximum absolute atomic E-state index is 12.2. The van der Waals surface area contributed by atoms with E-state index >= 15 is 0 Å². The highest BCUT2D eigenvalue weighted by atomic mass is 32.2. The first-order valence-electron chi connectivity index (χ1n) is 9.40. The Bertz CT molecular complexity index is 754. The van der Waals surface area contributed by atoms with Gasteiger partial charge in [0.2, 0.25) is 0 Å². The van der Waals surface area contributed by atoms with Crippen LogP contribution in [0, 0.1) is 0 Å². The van der Waals surface area contributed by atoms with Gasteiger partial charge in [-0.1, -0.05) is 12.1 Å². The Morgan fingerprint density at radius 2 is 1.83 bits per heavy atom. The smallest absolute Gasteiger partial charge is 0.422 e. The Morgan fingerprint density at radius 1 is 1.17 bits per heavy atom. The first kappa shape index (κ1) is 23.3. The number of alkyl halides is 3. The standard InChI is InChI=1S/C18H27F3N4O3S/c1-2-22-17(23-7-8-25-9-11-29(26,27)12-10-25)24-13-15-3-5-16(6-4-15)28-14-18(19,20)21/h3-6H,2,7-14H2,1H3,(H2,22,23,24). The van der Waals surface area contributed by atoms with Crippen molar-refractivity contribution in [1.29, 1.82) is 0 Å². The molecule has 164 valence electrons. The molecule has 1 heterocycles. The molecule has 0 unspecified atom stereocenters. The van der Waals surface area contributed by atoms with Gasteiger partial charge in [-0.2, -0.15) is 13.2 Å². The SMILES string of the molecule is CCNC(=NCc1ccc(OCC(F)(F)F)cc1)NCCN1CCS(=O)(=O)CC1. The van der Waals surface area contributed by atoms with E-state index < -0.39 is 22.6 Å². The lowest BCUT2D eigenvalue weighted by Crippen LogP contribution is -2.45. The first-order valence-corrected chi connectivity index (χ1v) is 11.2. The van der Waals surface area contributed by atoms with Crippen molar-refractivity contribution in [2.75, 3.05) is 50.8 Å². The minimum Gasteiger partial charge on any atom is -0.484 e. The number of guanidine groups is 1. The van der Waals surface area contributed by atoms with Crippen LogP contribution in [0.1, 0.15) is 12.5 Å². The van der Waals surface area contributed by atoms with Crippen LogP contribution in [-0.2, 0) is 16.4 Å². The third-order valence-electron chi connectivity index (χ3n) is 4.25. The molecule has 11 heteroatoms. The van der Waals surface area contributed by atoms with Crippen LogP contribution in [0.15, 0.2) is 29.3 Å². The summed E-state index contributed by atoms with van der Waals surface area (Å²) in [6, 6.07) is 6.32. The van der Waals surface area contributed by atoms with E-state index in [4.69, 9.17) is 0 Å². The number of benzene rings is 1. The molecule has 0 radical (unpaired) electrons. The van der Waals surface area contributed by atoms with Gasteiger partial charge in [0, 0.05) is 32.7 Å². The fourth-order valence-electron chi connectivity index (χ4n) is 2.67. The average Bonchev–Trinajstić information content (AvgIpc) is 2.66. The second-order valence-electron chi connectivity index (χ2n) is 6.66. The highest BCUT2D eigenvalue weighted by Gasteiger charge is 2.28. The van der Waals surface area contributed by atoms with E-state index in [0.717, 1.165) is 5.56 Å². The van der Waals surface area contributed by atoms with E-state index in [1.165, 1.54) is 12.1 Å². The molecule has 1 aromatic rings. The Kier molecular flexibility index (Phi) is 8.57. The molecular weight excluding hydrogens is 409 g/mol. The van der Waals surface area contributed by atoms with Gasteiger partial charge in [0.25, 0.3) is 0 Å². The molecule has 7 nitrogen and oxygen atoms in total. The normalized spacial score (nSPS) is 17.7. The van der Waals surface area contributed by atoms with Gasteiger partial charge in [-0.05, 0) is 24.6 Å². The maximum atomic E-state index is 12.2. The quantitative estimate of drug-likeness (QED) is 0.474. The van der Waals surface area contributed by atoms with Crippen molar-refractivity contribution < 1.29 is 26.3 Å². The second-order valence-corrected chi connectivity index (χ2v) is 8.97. The van der Waals surface area contributed by atoms with Gasteiger partial charge < -0.3 is 15.4 Å². The molecule has 1 saturated heterocycles. The third kappa shape index (κ3) is 9.35. The number of hydrogen-bond acceptors (Lipinski definition) is 5. The van der Waals surface area contributed by atoms with E-state index in [1.54, 1.807) is 12.1 Å². The fourth-order valence-corrected chi connectivity index (χ4v) is 3.95. The number of halogens is 3. The summed E-state index contributed by atoms with van der Waals surface area (Å²) < 4.78 is 64.1. The molecule has 2 N–H and O–H groups in total. The molecule has 0 aliphatic carbocycles. The van der Waals surface area contributed by atoms with Crippen LogP contribution in [0.2, 0.25) is 0 Å². The molecule has 0 spiro atoms. The summed E-state index contributed by atoms with van der Waals surface area (Å²) in [5.41, 5.74) is 0.836. The van der Waals surface area contributed by atoms with Crippen LogP contribution in [0.5, 0.6) is 5.75 Å².